The second-order valence-electron chi connectivity index (χ2n) is 6.82. The van der Waals surface area contributed by atoms with Crippen molar-refractivity contribution in [3.8, 4) is 0 Å². The van der Waals surface area contributed by atoms with E-state index in [-0.39, 0.29) is 11.8 Å². The van der Waals surface area contributed by atoms with Gasteiger partial charge in [-0.05, 0) is 43.0 Å². The van der Waals surface area contributed by atoms with Crippen molar-refractivity contribution in [2.45, 2.75) is 19.8 Å². The number of nitrogens with one attached hydrogen (secondary N) is 2. The molecule has 2 amide bonds. The number of nitrogens with zero attached hydrogens (tertiary/aromatic N) is 3. The Morgan fingerprint density at radius 1 is 1.15 bits per heavy atom. The van der Waals surface area contributed by atoms with Crippen molar-refractivity contribution in [3.05, 3.63) is 54.0 Å². The quantitative estimate of drug-likeness (QED) is 0.761. The predicted octanol–water partition coefficient (Wildman–Crippen LogP) is 1.87. The van der Waals surface area contributed by atoms with Crippen LogP contribution in [0.3, 0.4) is 0 Å². The first-order valence-corrected chi connectivity index (χ1v) is 9.31. The molecular weight excluding hydrogens is 342 g/mol. The van der Waals surface area contributed by atoms with E-state index in [9.17, 15) is 9.59 Å². The molecule has 1 atom stereocenters. The smallest absolute Gasteiger partial charge is 0.255 e. The van der Waals surface area contributed by atoms with E-state index >= 15 is 0 Å². The Bertz CT molecular complexity index is 781. The number of hydrogen-bond donors (Lipinski definition) is 2. The molecule has 0 radical (unpaired) electrons. The molecule has 3 rings (SSSR count). The van der Waals surface area contributed by atoms with Gasteiger partial charge in [-0.2, -0.15) is 0 Å². The van der Waals surface area contributed by atoms with Crippen LogP contribution in [-0.2, 0) is 0 Å². The number of rotatable bonds is 6. The van der Waals surface area contributed by atoms with Crippen molar-refractivity contribution in [1.29, 1.82) is 0 Å². The van der Waals surface area contributed by atoms with Crippen molar-refractivity contribution < 1.29 is 9.59 Å². The van der Waals surface area contributed by atoms with Crippen LogP contribution in [0.4, 0.5) is 5.82 Å². The third-order valence-electron chi connectivity index (χ3n) is 4.61. The topological polar surface area (TPSA) is 87.2 Å². The van der Waals surface area contributed by atoms with Crippen LogP contribution in [0.2, 0.25) is 0 Å². The van der Waals surface area contributed by atoms with E-state index in [1.54, 1.807) is 36.7 Å². The Kier molecular flexibility index (Phi) is 6.35. The van der Waals surface area contributed by atoms with Crippen LogP contribution in [0, 0.1) is 5.92 Å². The molecule has 0 spiro atoms. The molecule has 1 aliphatic heterocycles. The molecule has 7 nitrogen and oxygen atoms in total. The highest BCUT2D eigenvalue weighted by Crippen LogP contribution is 2.24. The van der Waals surface area contributed by atoms with Crippen LogP contribution in [-0.4, -0.2) is 48.0 Å². The van der Waals surface area contributed by atoms with Crippen molar-refractivity contribution in [2.24, 2.45) is 5.92 Å². The molecule has 0 bridgehead atoms. The molecule has 1 saturated heterocycles. The van der Waals surface area contributed by atoms with Gasteiger partial charge in [-0.25, -0.2) is 4.98 Å². The molecule has 0 aromatic carbocycles. The minimum Gasteiger partial charge on any atom is -0.356 e. The Balaban J connectivity index is 1.53. The second kappa shape index (κ2) is 9.12. The monoisotopic (exact) mass is 367 g/mol. The van der Waals surface area contributed by atoms with Gasteiger partial charge in [0.25, 0.3) is 11.8 Å². The van der Waals surface area contributed by atoms with E-state index in [2.05, 4.69) is 32.4 Å². The van der Waals surface area contributed by atoms with Gasteiger partial charge in [0.15, 0.2) is 0 Å². The van der Waals surface area contributed by atoms with E-state index in [0.29, 0.717) is 30.1 Å². The number of pyridine rings is 2. The fraction of sp³-hybridized carbons (Fsp3) is 0.400. The Labute approximate surface area is 159 Å². The lowest BCUT2D eigenvalue weighted by Crippen LogP contribution is -2.38. The molecule has 1 aliphatic rings. The molecule has 2 aromatic heterocycles. The molecule has 0 aliphatic carbocycles. The molecule has 1 unspecified atom stereocenters. The molecule has 7 heteroatoms. The van der Waals surface area contributed by atoms with E-state index in [4.69, 9.17) is 0 Å². The summed E-state index contributed by atoms with van der Waals surface area (Å²) in [5, 5.41) is 5.63. The number of aromatic nitrogens is 2. The first-order valence-electron chi connectivity index (χ1n) is 9.31. The third-order valence-corrected chi connectivity index (χ3v) is 4.61. The summed E-state index contributed by atoms with van der Waals surface area (Å²) in [5.41, 5.74) is 1.07. The lowest BCUT2D eigenvalue weighted by Gasteiger charge is -2.32. The zero-order valence-corrected chi connectivity index (χ0v) is 15.5. The maximum Gasteiger partial charge on any atom is 0.255 e. The summed E-state index contributed by atoms with van der Waals surface area (Å²) in [6.07, 6.45) is 7.17. The van der Waals surface area contributed by atoms with Gasteiger partial charge in [-0.3, -0.25) is 14.6 Å². The Hall–Kier alpha value is -2.96. The third kappa shape index (κ3) is 5.03. The average Bonchev–Trinajstić information content (AvgIpc) is 2.71. The zero-order valence-electron chi connectivity index (χ0n) is 15.5. The van der Waals surface area contributed by atoms with Gasteiger partial charge in [0.2, 0.25) is 0 Å². The van der Waals surface area contributed by atoms with Gasteiger partial charge in [0, 0.05) is 44.8 Å². The molecule has 3 heterocycles. The molecule has 142 valence electrons. The minimum absolute atomic E-state index is 0.174. The number of anilines is 1. The summed E-state index contributed by atoms with van der Waals surface area (Å²) in [6, 6.07) is 6.98. The van der Waals surface area contributed by atoms with Crippen LogP contribution in [0.5, 0.6) is 0 Å². The SMILES string of the molecule is CC1CCCN(c2ncccc2C(=O)NCCNC(=O)c2cccnc2)C1. The standard InChI is InChI=1S/C20H25N5O2/c1-15-5-4-12-25(14-15)18-17(7-3-9-22-18)20(27)24-11-10-23-19(26)16-6-2-8-21-13-16/h2-3,6-9,13,15H,4-5,10-12,14H2,1H3,(H,23,26)(H,24,27). The van der Waals surface area contributed by atoms with Crippen LogP contribution in [0.15, 0.2) is 42.9 Å². The summed E-state index contributed by atoms with van der Waals surface area (Å²) in [7, 11) is 0. The van der Waals surface area contributed by atoms with Gasteiger partial charge in [0.05, 0.1) is 11.1 Å². The summed E-state index contributed by atoms with van der Waals surface area (Å²) in [6.45, 7) is 4.74. The number of amides is 2. The Morgan fingerprint density at radius 3 is 2.67 bits per heavy atom. The lowest BCUT2D eigenvalue weighted by molar-refractivity contribution is 0.0927. The number of carbonyl (C=O) groups excluding carboxylic acids is 2. The van der Waals surface area contributed by atoms with Crippen LogP contribution < -0.4 is 15.5 Å². The molecule has 27 heavy (non-hydrogen) atoms. The normalized spacial score (nSPS) is 16.6. The Morgan fingerprint density at radius 2 is 1.93 bits per heavy atom. The van der Waals surface area contributed by atoms with Crippen molar-refractivity contribution in [3.63, 3.8) is 0 Å². The summed E-state index contributed by atoms with van der Waals surface area (Å²) in [5.74, 6) is 0.953. The highest BCUT2D eigenvalue weighted by Gasteiger charge is 2.22. The zero-order chi connectivity index (χ0) is 19.1. The van der Waals surface area contributed by atoms with Gasteiger partial charge >= 0.3 is 0 Å². The van der Waals surface area contributed by atoms with E-state index < -0.39 is 0 Å². The van der Waals surface area contributed by atoms with Gasteiger partial charge in [-0.15, -0.1) is 0 Å². The molecule has 2 aromatic rings. The summed E-state index contributed by atoms with van der Waals surface area (Å²) >= 11 is 0. The van der Waals surface area contributed by atoms with Crippen LogP contribution >= 0.6 is 0 Å². The first-order chi connectivity index (χ1) is 13.1. The maximum atomic E-state index is 12.6. The predicted molar refractivity (Wildman–Crippen MR) is 104 cm³/mol. The number of carbonyl (C=O) groups is 2. The largest absolute Gasteiger partial charge is 0.356 e. The summed E-state index contributed by atoms with van der Waals surface area (Å²) in [4.78, 5) is 35.1. The number of piperidine rings is 1. The minimum atomic E-state index is -0.207. The van der Waals surface area contributed by atoms with Crippen LogP contribution in [0.1, 0.15) is 40.5 Å². The molecular formula is C20H25N5O2. The lowest BCUT2D eigenvalue weighted by atomic mass is 10.00. The first kappa shape index (κ1) is 18.8. The van der Waals surface area contributed by atoms with Gasteiger partial charge in [-0.1, -0.05) is 6.92 Å². The molecule has 1 fully saturated rings. The van der Waals surface area contributed by atoms with Crippen molar-refractivity contribution in [1.82, 2.24) is 20.6 Å². The second-order valence-corrected chi connectivity index (χ2v) is 6.82. The fourth-order valence-corrected chi connectivity index (χ4v) is 3.25. The highest BCUT2D eigenvalue weighted by atomic mass is 16.2. The van der Waals surface area contributed by atoms with E-state index in [1.807, 2.05) is 0 Å². The molecule has 0 saturated carbocycles. The maximum absolute atomic E-state index is 12.6. The van der Waals surface area contributed by atoms with Crippen molar-refractivity contribution >= 4 is 17.6 Å². The highest BCUT2D eigenvalue weighted by molar-refractivity contribution is 5.99. The van der Waals surface area contributed by atoms with Gasteiger partial charge in [0.1, 0.15) is 5.82 Å². The fourth-order valence-electron chi connectivity index (χ4n) is 3.25. The number of hydrogen-bond acceptors (Lipinski definition) is 5. The summed E-state index contributed by atoms with van der Waals surface area (Å²) < 4.78 is 0. The molecule has 2 N–H and O–H groups in total. The average molecular weight is 367 g/mol. The van der Waals surface area contributed by atoms with Gasteiger partial charge < -0.3 is 15.5 Å². The van der Waals surface area contributed by atoms with Crippen LogP contribution in [0.25, 0.3) is 0 Å². The van der Waals surface area contributed by atoms with Crippen molar-refractivity contribution in [2.75, 3.05) is 31.1 Å². The van der Waals surface area contributed by atoms with E-state index in [1.165, 1.54) is 12.6 Å². The van der Waals surface area contributed by atoms with E-state index in [0.717, 1.165) is 25.3 Å².